The van der Waals surface area contributed by atoms with Crippen molar-refractivity contribution in [2.75, 3.05) is 39.3 Å². The third-order valence-electron chi connectivity index (χ3n) is 5.90. The summed E-state index contributed by atoms with van der Waals surface area (Å²) in [6, 6.07) is 13.5. The number of amides is 1. The SMILES string of the molecule is COCC(=O)N1CC[C@H]2[C@H](CO)Nc3ccc(C#Cc4ccc(OC)cc4)cc3[C@H]21. The molecular weight excluding hydrogens is 380 g/mol. The van der Waals surface area contributed by atoms with Crippen LogP contribution < -0.4 is 10.1 Å². The van der Waals surface area contributed by atoms with Crippen LogP contribution in [0.4, 0.5) is 5.69 Å². The van der Waals surface area contributed by atoms with Gasteiger partial charge in [-0.3, -0.25) is 4.79 Å². The van der Waals surface area contributed by atoms with Gasteiger partial charge >= 0.3 is 0 Å². The van der Waals surface area contributed by atoms with E-state index in [0.717, 1.165) is 34.5 Å². The van der Waals surface area contributed by atoms with Gasteiger partial charge in [-0.05, 0) is 54.4 Å². The Kier molecular flexibility index (Phi) is 5.93. The fraction of sp³-hybridized carbons (Fsp3) is 0.375. The second kappa shape index (κ2) is 8.78. The molecule has 2 aromatic carbocycles. The average Bonchev–Trinajstić information content (AvgIpc) is 3.23. The molecule has 4 rings (SSSR count). The number of likely N-dealkylation sites (tertiary alicyclic amines) is 1. The second-order valence-corrected chi connectivity index (χ2v) is 7.63. The van der Waals surface area contributed by atoms with Gasteiger partial charge in [0.05, 0.1) is 25.8 Å². The van der Waals surface area contributed by atoms with Gasteiger partial charge in [0.15, 0.2) is 0 Å². The summed E-state index contributed by atoms with van der Waals surface area (Å²) in [5.74, 6) is 7.35. The van der Waals surface area contributed by atoms with Gasteiger partial charge in [0.1, 0.15) is 12.4 Å². The molecule has 0 radical (unpaired) electrons. The van der Waals surface area contributed by atoms with Crippen LogP contribution in [0.5, 0.6) is 5.75 Å². The number of aliphatic hydroxyl groups excluding tert-OH is 1. The number of ether oxygens (including phenoxy) is 2. The monoisotopic (exact) mass is 406 g/mol. The van der Waals surface area contributed by atoms with Gasteiger partial charge in [-0.25, -0.2) is 0 Å². The lowest BCUT2D eigenvalue weighted by Crippen LogP contribution is -2.43. The number of carbonyl (C=O) groups is 1. The summed E-state index contributed by atoms with van der Waals surface area (Å²) in [7, 11) is 3.17. The van der Waals surface area contributed by atoms with Crippen molar-refractivity contribution in [3.05, 3.63) is 59.2 Å². The number of hydrogen-bond acceptors (Lipinski definition) is 5. The largest absolute Gasteiger partial charge is 0.497 e. The molecule has 0 bridgehead atoms. The van der Waals surface area contributed by atoms with E-state index < -0.39 is 0 Å². The Morgan fingerprint density at radius 1 is 1.17 bits per heavy atom. The van der Waals surface area contributed by atoms with Crippen molar-refractivity contribution in [3.63, 3.8) is 0 Å². The number of methoxy groups -OCH3 is 2. The number of nitrogens with zero attached hydrogens (tertiary/aromatic N) is 1. The normalized spacial score (nSPS) is 21.7. The molecule has 1 fully saturated rings. The van der Waals surface area contributed by atoms with Crippen LogP contribution in [0.2, 0.25) is 0 Å². The Bertz CT molecular complexity index is 977. The van der Waals surface area contributed by atoms with Crippen molar-refractivity contribution < 1.29 is 19.4 Å². The van der Waals surface area contributed by atoms with Crippen LogP contribution in [-0.2, 0) is 9.53 Å². The minimum Gasteiger partial charge on any atom is -0.497 e. The lowest BCUT2D eigenvalue weighted by Gasteiger charge is -2.39. The van der Waals surface area contributed by atoms with E-state index in [0.29, 0.717) is 6.54 Å². The molecule has 2 aliphatic heterocycles. The number of rotatable bonds is 4. The lowest BCUT2D eigenvalue weighted by molar-refractivity contribution is -0.136. The van der Waals surface area contributed by atoms with E-state index in [2.05, 4.69) is 23.2 Å². The summed E-state index contributed by atoms with van der Waals surface area (Å²) >= 11 is 0. The molecule has 6 nitrogen and oxygen atoms in total. The Hall–Kier alpha value is -3.01. The number of fused-ring (bicyclic) bond motifs is 3. The molecule has 156 valence electrons. The number of hydrogen-bond donors (Lipinski definition) is 2. The first-order valence-electron chi connectivity index (χ1n) is 10.1. The van der Waals surface area contributed by atoms with Gasteiger partial charge < -0.3 is 24.8 Å². The summed E-state index contributed by atoms with van der Waals surface area (Å²) < 4.78 is 10.3. The zero-order chi connectivity index (χ0) is 21.1. The number of carbonyl (C=O) groups excluding carboxylic acids is 1. The van der Waals surface area contributed by atoms with Gasteiger partial charge in [0.2, 0.25) is 5.91 Å². The van der Waals surface area contributed by atoms with Gasteiger partial charge in [-0.1, -0.05) is 11.8 Å². The van der Waals surface area contributed by atoms with E-state index >= 15 is 0 Å². The highest BCUT2D eigenvalue weighted by atomic mass is 16.5. The highest BCUT2D eigenvalue weighted by molar-refractivity contribution is 5.79. The van der Waals surface area contributed by atoms with Crippen LogP contribution in [0.15, 0.2) is 42.5 Å². The van der Waals surface area contributed by atoms with Crippen molar-refractivity contribution in [2.24, 2.45) is 5.92 Å². The van der Waals surface area contributed by atoms with Crippen LogP contribution in [-0.4, -0.2) is 55.9 Å². The summed E-state index contributed by atoms with van der Waals surface area (Å²) in [6.07, 6.45) is 0.847. The van der Waals surface area contributed by atoms with Crippen molar-refractivity contribution in [1.29, 1.82) is 0 Å². The molecule has 0 aromatic heterocycles. The van der Waals surface area contributed by atoms with E-state index in [1.807, 2.05) is 41.3 Å². The maximum absolute atomic E-state index is 12.6. The predicted molar refractivity (Wildman–Crippen MR) is 114 cm³/mol. The fourth-order valence-corrected chi connectivity index (χ4v) is 4.45. The molecule has 1 amide bonds. The van der Waals surface area contributed by atoms with Crippen molar-refractivity contribution in [3.8, 4) is 17.6 Å². The first kappa shape index (κ1) is 20.3. The van der Waals surface area contributed by atoms with Crippen LogP contribution in [0, 0.1) is 17.8 Å². The zero-order valence-electron chi connectivity index (χ0n) is 17.2. The molecule has 0 unspecified atom stereocenters. The minimum atomic E-state index is -0.0798. The first-order chi connectivity index (χ1) is 14.6. The molecule has 2 N–H and O–H groups in total. The summed E-state index contributed by atoms with van der Waals surface area (Å²) in [5.41, 5.74) is 3.79. The minimum absolute atomic E-state index is 0.0238. The molecule has 0 spiro atoms. The molecule has 2 aromatic rings. The highest BCUT2D eigenvalue weighted by Gasteiger charge is 2.45. The van der Waals surface area contributed by atoms with Crippen molar-refractivity contribution >= 4 is 11.6 Å². The number of aliphatic hydroxyl groups is 1. The Labute approximate surface area is 176 Å². The lowest BCUT2D eigenvalue weighted by atomic mass is 9.82. The van der Waals surface area contributed by atoms with Crippen LogP contribution in [0.3, 0.4) is 0 Å². The van der Waals surface area contributed by atoms with E-state index in [4.69, 9.17) is 9.47 Å². The third kappa shape index (κ3) is 3.87. The molecule has 6 heteroatoms. The molecule has 2 heterocycles. The molecule has 0 aliphatic carbocycles. The van der Waals surface area contributed by atoms with E-state index in [1.165, 1.54) is 7.11 Å². The van der Waals surface area contributed by atoms with E-state index in [9.17, 15) is 9.90 Å². The number of nitrogens with one attached hydrogen (secondary N) is 1. The molecule has 2 aliphatic rings. The van der Waals surface area contributed by atoms with Crippen LogP contribution in [0.25, 0.3) is 0 Å². The van der Waals surface area contributed by atoms with Crippen molar-refractivity contribution in [1.82, 2.24) is 4.90 Å². The van der Waals surface area contributed by atoms with E-state index in [1.54, 1.807) is 7.11 Å². The van der Waals surface area contributed by atoms with Gasteiger partial charge in [0.25, 0.3) is 0 Å². The average molecular weight is 406 g/mol. The Balaban J connectivity index is 1.66. The van der Waals surface area contributed by atoms with Gasteiger partial charge in [-0.15, -0.1) is 0 Å². The van der Waals surface area contributed by atoms with Gasteiger partial charge in [-0.2, -0.15) is 0 Å². The predicted octanol–water partition coefficient (Wildman–Crippen LogP) is 2.42. The summed E-state index contributed by atoms with van der Waals surface area (Å²) in [4.78, 5) is 14.5. The van der Waals surface area contributed by atoms with Crippen LogP contribution in [0.1, 0.15) is 29.2 Å². The zero-order valence-corrected chi connectivity index (χ0v) is 17.2. The van der Waals surface area contributed by atoms with Crippen molar-refractivity contribution in [2.45, 2.75) is 18.5 Å². The second-order valence-electron chi connectivity index (χ2n) is 7.63. The number of benzene rings is 2. The quantitative estimate of drug-likeness (QED) is 0.763. The molecule has 1 saturated heterocycles. The molecule has 30 heavy (non-hydrogen) atoms. The molecule has 0 saturated carbocycles. The third-order valence-corrected chi connectivity index (χ3v) is 5.90. The number of anilines is 1. The maximum atomic E-state index is 12.6. The molecular formula is C24H26N2O4. The topological polar surface area (TPSA) is 71.0 Å². The smallest absolute Gasteiger partial charge is 0.249 e. The summed E-state index contributed by atoms with van der Waals surface area (Å²) in [5, 5.41) is 13.3. The molecule has 3 atom stereocenters. The fourth-order valence-electron chi connectivity index (χ4n) is 4.45. The standard InChI is InChI=1S/C24H26N2O4/c1-29-15-23(28)26-12-11-19-22(14-27)25-21-10-7-17(13-20(21)24(19)26)4-3-16-5-8-18(30-2)9-6-16/h5-10,13,19,22,24-25,27H,11-12,14-15H2,1-2H3/t19-,22-,24-/m0/s1. The highest BCUT2D eigenvalue weighted by Crippen LogP contribution is 2.46. The maximum Gasteiger partial charge on any atom is 0.249 e. The Morgan fingerprint density at radius 3 is 2.60 bits per heavy atom. The summed E-state index contributed by atoms with van der Waals surface area (Å²) in [6.45, 7) is 0.760. The Morgan fingerprint density at radius 2 is 1.90 bits per heavy atom. The van der Waals surface area contributed by atoms with Crippen LogP contribution >= 0.6 is 0 Å². The van der Waals surface area contributed by atoms with Gasteiger partial charge in [0, 0.05) is 36.4 Å². The van der Waals surface area contributed by atoms with E-state index in [-0.39, 0.29) is 37.1 Å². The first-order valence-corrected chi connectivity index (χ1v) is 10.1.